The van der Waals surface area contributed by atoms with Gasteiger partial charge in [-0.1, -0.05) is 18.2 Å². The summed E-state index contributed by atoms with van der Waals surface area (Å²) >= 11 is 0. The number of benzene rings is 2. The predicted octanol–water partition coefficient (Wildman–Crippen LogP) is 4.08. The van der Waals surface area contributed by atoms with Gasteiger partial charge < -0.3 is 9.64 Å². The van der Waals surface area contributed by atoms with Crippen LogP contribution in [0.15, 0.2) is 59.5 Å². The van der Waals surface area contributed by atoms with Crippen LogP contribution in [0.1, 0.15) is 19.8 Å². The summed E-state index contributed by atoms with van der Waals surface area (Å²) in [5, 5.41) is 0. The molecule has 6 nitrogen and oxygen atoms in total. The molecule has 0 heterocycles. The first-order valence-electron chi connectivity index (χ1n) is 10.1. The highest BCUT2D eigenvalue weighted by Gasteiger charge is 2.41. The molecule has 0 radical (unpaired) electrons. The van der Waals surface area contributed by atoms with Crippen LogP contribution in [0.2, 0.25) is 0 Å². The summed E-state index contributed by atoms with van der Waals surface area (Å²) in [5.41, 5.74) is 0.147. The lowest BCUT2D eigenvalue weighted by Gasteiger charge is -2.33. The zero-order valence-electron chi connectivity index (χ0n) is 17.7. The van der Waals surface area contributed by atoms with Gasteiger partial charge in [0.05, 0.1) is 17.7 Å². The zero-order chi connectivity index (χ0) is 23.5. The summed E-state index contributed by atoms with van der Waals surface area (Å²) in [6.07, 6.45) is -3.11. The third-order valence-corrected chi connectivity index (χ3v) is 7.22. The van der Waals surface area contributed by atoms with Crippen LogP contribution >= 0.6 is 0 Å². The number of sulfonamides is 1. The fraction of sp³-hybridized carbons (Fsp3) is 0.409. The second-order valence-electron chi connectivity index (χ2n) is 7.74. The number of anilines is 1. The Hall–Kier alpha value is -2.75. The molecule has 1 saturated carbocycles. The van der Waals surface area contributed by atoms with E-state index in [9.17, 15) is 26.4 Å². The van der Waals surface area contributed by atoms with E-state index in [1.165, 1.54) is 55.6 Å². The molecule has 3 rings (SSSR count). The van der Waals surface area contributed by atoms with Crippen molar-refractivity contribution in [1.29, 1.82) is 0 Å². The summed E-state index contributed by atoms with van der Waals surface area (Å²) < 4.78 is 72.3. The summed E-state index contributed by atoms with van der Waals surface area (Å²) in [7, 11) is -2.76. The van der Waals surface area contributed by atoms with Crippen molar-refractivity contribution in [3.05, 3.63) is 54.6 Å². The number of carbonyl (C=O) groups excluding carboxylic acids is 1. The fourth-order valence-corrected chi connectivity index (χ4v) is 4.92. The smallest absolute Gasteiger partial charge is 0.406 e. The molecule has 32 heavy (non-hydrogen) atoms. The highest BCUT2D eigenvalue weighted by molar-refractivity contribution is 7.92. The number of alkyl halides is 3. The third-order valence-electron chi connectivity index (χ3n) is 5.44. The van der Waals surface area contributed by atoms with Crippen molar-refractivity contribution in [3.63, 3.8) is 0 Å². The van der Waals surface area contributed by atoms with E-state index in [4.69, 9.17) is 4.74 Å². The Balaban J connectivity index is 1.97. The van der Waals surface area contributed by atoms with E-state index in [1.807, 2.05) is 0 Å². The number of halogens is 3. The van der Waals surface area contributed by atoms with Gasteiger partial charge in [0.25, 0.3) is 10.0 Å². The minimum atomic E-state index is -4.60. The van der Waals surface area contributed by atoms with E-state index in [0.29, 0.717) is 5.75 Å². The Labute approximate surface area is 185 Å². The Morgan fingerprint density at radius 1 is 1.09 bits per heavy atom. The van der Waals surface area contributed by atoms with Gasteiger partial charge in [-0.25, -0.2) is 8.42 Å². The van der Waals surface area contributed by atoms with Crippen LogP contribution in [0.4, 0.5) is 18.9 Å². The Morgan fingerprint density at radius 2 is 1.69 bits per heavy atom. The van der Waals surface area contributed by atoms with Gasteiger partial charge in [0.2, 0.25) is 5.91 Å². The first-order valence-corrected chi connectivity index (χ1v) is 11.5. The van der Waals surface area contributed by atoms with Crippen LogP contribution < -0.4 is 9.04 Å². The minimum Gasteiger partial charge on any atom is -0.497 e. The highest BCUT2D eigenvalue weighted by Crippen LogP contribution is 2.36. The maximum Gasteiger partial charge on any atom is 0.406 e. The summed E-state index contributed by atoms with van der Waals surface area (Å²) in [6, 6.07) is 12.8. The van der Waals surface area contributed by atoms with Crippen molar-refractivity contribution in [3.8, 4) is 5.75 Å². The predicted molar refractivity (Wildman–Crippen MR) is 114 cm³/mol. The SMILES string of the molecule is COc1ccc(N(CC(=O)N(CC(F)(F)F)[C@@H](C)C2CC2)S(=O)(=O)c2ccccc2)cc1. The van der Waals surface area contributed by atoms with Crippen molar-refractivity contribution in [1.82, 2.24) is 4.90 Å². The number of hydrogen-bond acceptors (Lipinski definition) is 4. The molecule has 2 aromatic carbocycles. The lowest BCUT2D eigenvalue weighted by Crippen LogP contribution is -2.50. The molecule has 0 saturated heterocycles. The average Bonchev–Trinajstić information content (AvgIpc) is 3.61. The summed E-state index contributed by atoms with van der Waals surface area (Å²) in [6.45, 7) is -0.604. The van der Waals surface area contributed by atoms with Gasteiger partial charge in [-0.05, 0) is 62.1 Å². The van der Waals surface area contributed by atoms with Crippen LogP contribution in [0.25, 0.3) is 0 Å². The van der Waals surface area contributed by atoms with Gasteiger partial charge in [-0.2, -0.15) is 13.2 Å². The molecule has 0 N–H and O–H groups in total. The molecule has 0 bridgehead atoms. The van der Waals surface area contributed by atoms with E-state index in [1.54, 1.807) is 13.0 Å². The number of nitrogens with zero attached hydrogens (tertiary/aromatic N) is 2. The second kappa shape index (κ2) is 9.40. The maximum absolute atomic E-state index is 13.3. The normalized spacial score (nSPS) is 15.2. The molecule has 1 aliphatic carbocycles. The maximum atomic E-state index is 13.3. The Kier molecular flexibility index (Phi) is 7.02. The van der Waals surface area contributed by atoms with Crippen molar-refractivity contribution in [2.24, 2.45) is 5.92 Å². The number of hydrogen-bond donors (Lipinski definition) is 0. The summed E-state index contributed by atoms with van der Waals surface area (Å²) in [4.78, 5) is 13.8. The number of rotatable bonds is 9. The molecule has 0 spiro atoms. The molecule has 1 fully saturated rings. The average molecular weight is 471 g/mol. The molecule has 1 aliphatic rings. The number of methoxy groups -OCH3 is 1. The van der Waals surface area contributed by atoms with Crippen LogP contribution in [0.3, 0.4) is 0 Å². The van der Waals surface area contributed by atoms with E-state index in [-0.39, 0.29) is 16.5 Å². The molecule has 0 aromatic heterocycles. The molecule has 0 aliphatic heterocycles. The lowest BCUT2D eigenvalue weighted by atomic mass is 10.1. The molecule has 2 aromatic rings. The Bertz CT molecular complexity index is 1020. The second-order valence-corrected chi connectivity index (χ2v) is 9.60. The van der Waals surface area contributed by atoms with Gasteiger partial charge in [-0.3, -0.25) is 9.10 Å². The fourth-order valence-electron chi connectivity index (χ4n) is 3.48. The summed E-state index contributed by atoms with van der Waals surface area (Å²) in [5.74, 6) is -0.447. The van der Waals surface area contributed by atoms with Crippen LogP contribution in [0, 0.1) is 5.92 Å². The van der Waals surface area contributed by atoms with Crippen molar-refractivity contribution in [2.75, 3.05) is 24.5 Å². The largest absolute Gasteiger partial charge is 0.497 e. The molecule has 174 valence electrons. The number of carbonyl (C=O) groups is 1. The molecule has 0 unspecified atom stereocenters. The van der Waals surface area contributed by atoms with E-state index < -0.39 is 41.2 Å². The van der Waals surface area contributed by atoms with Crippen LogP contribution in [0.5, 0.6) is 5.75 Å². The highest BCUT2D eigenvalue weighted by atomic mass is 32.2. The van der Waals surface area contributed by atoms with Crippen molar-refractivity contribution >= 4 is 21.6 Å². The van der Waals surface area contributed by atoms with Gasteiger partial charge in [0.1, 0.15) is 18.8 Å². The minimum absolute atomic E-state index is 0.0125. The molecule has 1 amide bonds. The van der Waals surface area contributed by atoms with Crippen LogP contribution in [-0.4, -0.2) is 51.6 Å². The molecular formula is C22H25F3N2O4S. The number of amides is 1. The van der Waals surface area contributed by atoms with Gasteiger partial charge in [0.15, 0.2) is 0 Å². The first kappa shape index (κ1) is 23.9. The monoisotopic (exact) mass is 470 g/mol. The molecule has 1 atom stereocenters. The van der Waals surface area contributed by atoms with E-state index >= 15 is 0 Å². The van der Waals surface area contributed by atoms with Gasteiger partial charge >= 0.3 is 6.18 Å². The van der Waals surface area contributed by atoms with Crippen LogP contribution in [-0.2, 0) is 14.8 Å². The van der Waals surface area contributed by atoms with Gasteiger partial charge in [0, 0.05) is 6.04 Å². The lowest BCUT2D eigenvalue weighted by molar-refractivity contribution is -0.165. The number of ether oxygens (including phenoxy) is 1. The van der Waals surface area contributed by atoms with E-state index in [2.05, 4.69) is 0 Å². The first-order chi connectivity index (χ1) is 15.0. The van der Waals surface area contributed by atoms with E-state index in [0.717, 1.165) is 22.0 Å². The Morgan fingerprint density at radius 3 is 2.19 bits per heavy atom. The topological polar surface area (TPSA) is 66.9 Å². The quantitative estimate of drug-likeness (QED) is 0.554. The molecule has 10 heteroatoms. The molecular weight excluding hydrogens is 445 g/mol. The standard InChI is InChI=1S/C22H25F3N2O4S/c1-16(17-8-9-17)26(15-22(23,24)25)21(28)14-27(18-10-12-19(31-2)13-11-18)32(29,30)20-6-4-3-5-7-20/h3-7,10-13,16-17H,8-9,14-15H2,1-2H3/t16-/m0/s1. The van der Waals surface area contributed by atoms with Crippen molar-refractivity contribution < 1.29 is 31.1 Å². The van der Waals surface area contributed by atoms with Gasteiger partial charge in [-0.15, -0.1) is 0 Å². The zero-order valence-corrected chi connectivity index (χ0v) is 18.6. The third kappa shape index (κ3) is 5.73. The van der Waals surface area contributed by atoms with Crippen molar-refractivity contribution in [2.45, 2.75) is 36.9 Å².